The Labute approximate surface area is 121 Å². The number of primary sulfonamides is 1. The fourth-order valence-corrected chi connectivity index (χ4v) is 2.97. The second-order valence-corrected chi connectivity index (χ2v) is 6.03. The zero-order valence-corrected chi connectivity index (χ0v) is 12.2. The number of hydrogen-bond acceptors (Lipinski definition) is 5. The summed E-state index contributed by atoms with van der Waals surface area (Å²) in [6, 6.07) is 4.83. The highest BCUT2D eigenvalue weighted by Crippen LogP contribution is 2.27. The summed E-state index contributed by atoms with van der Waals surface area (Å²) in [7, 11) is -3.85. The molecule has 8 heteroatoms. The van der Waals surface area contributed by atoms with E-state index in [1.165, 1.54) is 6.07 Å². The number of anilines is 1. The maximum atomic E-state index is 11.6. The van der Waals surface area contributed by atoms with Crippen LogP contribution in [0.2, 0.25) is 0 Å². The first-order valence-electron chi connectivity index (χ1n) is 5.64. The number of halogens is 1. The maximum absolute atomic E-state index is 11.6. The number of nitrogens with zero attached hydrogens (tertiary/aromatic N) is 2. The molecule has 0 radical (unpaired) electrons. The molecule has 0 saturated heterocycles. The predicted octanol–water partition coefficient (Wildman–Crippen LogP) is 1.42. The molecule has 2 aromatic rings. The summed E-state index contributed by atoms with van der Waals surface area (Å²) < 4.78 is 23.2. The number of rotatable bonds is 3. The van der Waals surface area contributed by atoms with Gasteiger partial charge in [-0.15, -0.1) is 11.6 Å². The van der Waals surface area contributed by atoms with Crippen LogP contribution in [0.5, 0.6) is 0 Å². The topological polar surface area (TPSA) is 112 Å². The standard InChI is InChI=1S/C12H13ClN4O2S/c1-7-10(6-16-12(14)17-7)8-2-3-9(5-13)11(4-8)20(15,18)19/h2-4,6H,5H2,1H3,(H2,14,16,17)(H2,15,18,19). The molecule has 0 amide bonds. The largest absolute Gasteiger partial charge is 0.368 e. The van der Waals surface area contributed by atoms with E-state index >= 15 is 0 Å². The molecule has 20 heavy (non-hydrogen) atoms. The van der Waals surface area contributed by atoms with E-state index < -0.39 is 10.0 Å². The minimum Gasteiger partial charge on any atom is -0.368 e. The molecule has 0 fully saturated rings. The van der Waals surface area contributed by atoms with Crippen molar-refractivity contribution >= 4 is 27.6 Å². The van der Waals surface area contributed by atoms with Gasteiger partial charge in [-0.3, -0.25) is 0 Å². The van der Waals surface area contributed by atoms with Crippen molar-refractivity contribution in [1.29, 1.82) is 0 Å². The highest BCUT2D eigenvalue weighted by molar-refractivity contribution is 7.89. The van der Waals surface area contributed by atoms with Crippen LogP contribution in [0.3, 0.4) is 0 Å². The van der Waals surface area contributed by atoms with Gasteiger partial charge in [0.15, 0.2) is 0 Å². The van der Waals surface area contributed by atoms with Crippen molar-refractivity contribution in [3.63, 3.8) is 0 Å². The molecule has 106 valence electrons. The number of aryl methyl sites for hydroxylation is 1. The molecule has 0 aliphatic rings. The van der Waals surface area contributed by atoms with Crippen LogP contribution in [0, 0.1) is 6.92 Å². The third-order valence-electron chi connectivity index (χ3n) is 2.83. The van der Waals surface area contributed by atoms with E-state index in [1.54, 1.807) is 25.3 Å². The van der Waals surface area contributed by atoms with Gasteiger partial charge in [0.25, 0.3) is 0 Å². The van der Waals surface area contributed by atoms with Gasteiger partial charge in [-0.25, -0.2) is 23.5 Å². The van der Waals surface area contributed by atoms with Gasteiger partial charge in [-0.2, -0.15) is 0 Å². The summed E-state index contributed by atoms with van der Waals surface area (Å²) >= 11 is 5.73. The Morgan fingerprint density at radius 2 is 2.05 bits per heavy atom. The van der Waals surface area contributed by atoms with Crippen LogP contribution in [-0.4, -0.2) is 18.4 Å². The van der Waals surface area contributed by atoms with E-state index in [1.807, 2.05) is 0 Å². The lowest BCUT2D eigenvalue weighted by atomic mass is 10.0. The van der Waals surface area contributed by atoms with Crippen molar-refractivity contribution < 1.29 is 8.42 Å². The van der Waals surface area contributed by atoms with E-state index in [0.717, 1.165) is 0 Å². The van der Waals surface area contributed by atoms with Crippen LogP contribution >= 0.6 is 11.6 Å². The highest BCUT2D eigenvalue weighted by Gasteiger charge is 2.16. The molecular formula is C12H13ClN4O2S. The molecule has 6 nitrogen and oxygen atoms in total. The van der Waals surface area contributed by atoms with Gasteiger partial charge in [0.1, 0.15) is 0 Å². The summed E-state index contributed by atoms with van der Waals surface area (Å²) in [5.74, 6) is 0.221. The van der Waals surface area contributed by atoms with Crippen molar-refractivity contribution in [3.8, 4) is 11.1 Å². The quantitative estimate of drug-likeness (QED) is 0.832. The molecule has 2 rings (SSSR count). The van der Waals surface area contributed by atoms with Gasteiger partial charge in [0.2, 0.25) is 16.0 Å². The summed E-state index contributed by atoms with van der Waals surface area (Å²) in [5.41, 5.74) is 7.92. The summed E-state index contributed by atoms with van der Waals surface area (Å²) in [5, 5.41) is 5.20. The van der Waals surface area contributed by atoms with E-state index in [0.29, 0.717) is 22.4 Å². The SMILES string of the molecule is Cc1nc(N)ncc1-c1ccc(CCl)c(S(N)(=O)=O)c1. The normalized spacial score (nSPS) is 11.6. The Kier molecular flexibility index (Phi) is 3.94. The van der Waals surface area contributed by atoms with Gasteiger partial charge in [-0.1, -0.05) is 12.1 Å². The average molecular weight is 313 g/mol. The monoisotopic (exact) mass is 312 g/mol. The van der Waals surface area contributed by atoms with Gasteiger partial charge in [-0.05, 0) is 24.1 Å². The minimum absolute atomic E-state index is 0.00113. The molecule has 1 heterocycles. The Morgan fingerprint density at radius 3 is 2.60 bits per heavy atom. The summed E-state index contributed by atoms with van der Waals surface area (Å²) in [4.78, 5) is 7.96. The number of benzene rings is 1. The van der Waals surface area contributed by atoms with Crippen LogP contribution in [-0.2, 0) is 15.9 Å². The molecule has 0 bridgehead atoms. The zero-order valence-electron chi connectivity index (χ0n) is 10.7. The van der Waals surface area contributed by atoms with Gasteiger partial charge in [0, 0.05) is 17.6 Å². The third-order valence-corrected chi connectivity index (χ3v) is 4.11. The molecule has 0 saturated carbocycles. The molecule has 0 unspecified atom stereocenters. The van der Waals surface area contributed by atoms with Crippen molar-refractivity contribution in [2.45, 2.75) is 17.7 Å². The molecule has 1 aromatic heterocycles. The Morgan fingerprint density at radius 1 is 1.35 bits per heavy atom. The first kappa shape index (κ1) is 14.7. The second kappa shape index (κ2) is 5.35. The molecule has 4 N–H and O–H groups in total. The first-order valence-corrected chi connectivity index (χ1v) is 7.72. The van der Waals surface area contributed by atoms with Crippen LogP contribution < -0.4 is 10.9 Å². The maximum Gasteiger partial charge on any atom is 0.238 e. The number of nitrogens with two attached hydrogens (primary N) is 2. The number of alkyl halides is 1. The Balaban J connectivity index is 2.65. The van der Waals surface area contributed by atoms with Crippen LogP contribution in [0.1, 0.15) is 11.3 Å². The Hall–Kier alpha value is -1.70. The minimum atomic E-state index is -3.85. The van der Waals surface area contributed by atoms with Gasteiger partial charge in [0.05, 0.1) is 10.6 Å². The summed E-state index contributed by atoms with van der Waals surface area (Å²) in [6.07, 6.45) is 1.54. The number of hydrogen-bond donors (Lipinski definition) is 2. The van der Waals surface area contributed by atoms with Crippen molar-refractivity contribution in [2.24, 2.45) is 5.14 Å². The molecule has 0 spiro atoms. The highest BCUT2D eigenvalue weighted by atomic mass is 35.5. The molecule has 0 aliphatic carbocycles. The summed E-state index contributed by atoms with van der Waals surface area (Å²) in [6.45, 7) is 1.76. The predicted molar refractivity (Wildman–Crippen MR) is 77.5 cm³/mol. The lowest BCUT2D eigenvalue weighted by molar-refractivity contribution is 0.597. The van der Waals surface area contributed by atoms with E-state index in [-0.39, 0.29) is 16.7 Å². The van der Waals surface area contributed by atoms with E-state index in [4.69, 9.17) is 22.5 Å². The molecule has 0 aliphatic heterocycles. The molecule has 1 aromatic carbocycles. The fourth-order valence-electron chi connectivity index (χ4n) is 1.87. The number of aromatic nitrogens is 2. The second-order valence-electron chi connectivity index (χ2n) is 4.23. The van der Waals surface area contributed by atoms with Crippen molar-refractivity contribution in [3.05, 3.63) is 35.7 Å². The van der Waals surface area contributed by atoms with Gasteiger partial charge >= 0.3 is 0 Å². The van der Waals surface area contributed by atoms with Crippen LogP contribution in [0.15, 0.2) is 29.3 Å². The lowest BCUT2D eigenvalue weighted by Gasteiger charge is -2.10. The fraction of sp³-hybridized carbons (Fsp3) is 0.167. The number of nitrogen functional groups attached to an aromatic ring is 1. The first-order chi connectivity index (χ1) is 9.32. The van der Waals surface area contributed by atoms with E-state index in [9.17, 15) is 8.42 Å². The van der Waals surface area contributed by atoms with Crippen LogP contribution in [0.25, 0.3) is 11.1 Å². The van der Waals surface area contributed by atoms with Crippen molar-refractivity contribution in [2.75, 3.05) is 5.73 Å². The molecule has 0 atom stereocenters. The third kappa shape index (κ3) is 2.90. The van der Waals surface area contributed by atoms with Gasteiger partial charge < -0.3 is 5.73 Å². The van der Waals surface area contributed by atoms with Crippen molar-refractivity contribution in [1.82, 2.24) is 9.97 Å². The smallest absolute Gasteiger partial charge is 0.238 e. The lowest BCUT2D eigenvalue weighted by Crippen LogP contribution is -2.14. The van der Waals surface area contributed by atoms with Crippen LogP contribution in [0.4, 0.5) is 5.95 Å². The average Bonchev–Trinajstić information content (AvgIpc) is 2.37. The Bertz CT molecular complexity index is 762. The number of sulfonamides is 1. The molecular weight excluding hydrogens is 300 g/mol. The van der Waals surface area contributed by atoms with E-state index in [2.05, 4.69) is 9.97 Å². The zero-order chi connectivity index (χ0) is 14.9.